The Hall–Kier alpha value is -3.48. The van der Waals surface area contributed by atoms with Crippen molar-refractivity contribution < 1.29 is 18.4 Å². The molecule has 2 N–H and O–H groups in total. The Morgan fingerprint density at radius 3 is 2.47 bits per heavy atom. The second-order valence-electron chi connectivity index (χ2n) is 8.33. The molecule has 0 spiro atoms. The standard InChI is InChI=1S/C25H25F2N3O2/c1-14-22(25(32)29-19-12-9-16(26)13-18(19)27)23(15-7-10-17(11-8-15)30(2)3)24-20(28-14)5-4-6-21(24)31/h7-13,23,28H,4-6H2,1-3H3,(H,29,32)/t23-/m1/s1. The van der Waals surface area contributed by atoms with Crippen molar-refractivity contribution in [3.05, 3.63) is 82.2 Å². The van der Waals surface area contributed by atoms with Crippen molar-refractivity contribution in [3.8, 4) is 0 Å². The van der Waals surface area contributed by atoms with Gasteiger partial charge in [0.15, 0.2) is 5.78 Å². The minimum atomic E-state index is -0.860. The summed E-state index contributed by atoms with van der Waals surface area (Å²) in [5.74, 6) is -2.69. The number of anilines is 2. The molecule has 0 radical (unpaired) electrons. The van der Waals surface area contributed by atoms with Gasteiger partial charge in [0.1, 0.15) is 11.6 Å². The first-order valence-electron chi connectivity index (χ1n) is 10.5. The molecular weight excluding hydrogens is 412 g/mol. The highest BCUT2D eigenvalue weighted by atomic mass is 19.1. The van der Waals surface area contributed by atoms with E-state index in [1.165, 1.54) is 6.07 Å². The molecule has 166 valence electrons. The maximum Gasteiger partial charge on any atom is 0.254 e. The summed E-state index contributed by atoms with van der Waals surface area (Å²) in [4.78, 5) is 28.3. The van der Waals surface area contributed by atoms with Gasteiger partial charge < -0.3 is 15.5 Å². The lowest BCUT2D eigenvalue weighted by molar-refractivity contribution is -0.116. The van der Waals surface area contributed by atoms with E-state index in [1.807, 2.05) is 43.3 Å². The third-order valence-electron chi connectivity index (χ3n) is 5.94. The van der Waals surface area contributed by atoms with E-state index in [0.29, 0.717) is 23.3 Å². The summed E-state index contributed by atoms with van der Waals surface area (Å²) < 4.78 is 27.5. The highest BCUT2D eigenvalue weighted by Gasteiger charge is 2.38. The van der Waals surface area contributed by atoms with Gasteiger partial charge in [0, 0.05) is 60.7 Å². The lowest BCUT2D eigenvalue weighted by atomic mass is 9.75. The van der Waals surface area contributed by atoms with Crippen LogP contribution < -0.4 is 15.5 Å². The monoisotopic (exact) mass is 437 g/mol. The number of halogens is 2. The van der Waals surface area contributed by atoms with Gasteiger partial charge in [-0.1, -0.05) is 12.1 Å². The first-order chi connectivity index (χ1) is 15.3. The van der Waals surface area contributed by atoms with Crippen molar-refractivity contribution in [2.45, 2.75) is 32.1 Å². The Bertz CT molecular complexity index is 1150. The van der Waals surface area contributed by atoms with Gasteiger partial charge in [-0.25, -0.2) is 8.78 Å². The van der Waals surface area contributed by atoms with Crippen LogP contribution >= 0.6 is 0 Å². The molecule has 1 amide bonds. The van der Waals surface area contributed by atoms with Crippen molar-refractivity contribution in [2.75, 3.05) is 24.3 Å². The van der Waals surface area contributed by atoms with Crippen molar-refractivity contribution in [1.29, 1.82) is 0 Å². The summed E-state index contributed by atoms with van der Waals surface area (Å²) in [5.41, 5.74) is 4.07. The Morgan fingerprint density at radius 2 is 1.81 bits per heavy atom. The van der Waals surface area contributed by atoms with E-state index in [2.05, 4.69) is 10.6 Å². The van der Waals surface area contributed by atoms with Crippen LogP contribution in [-0.2, 0) is 9.59 Å². The molecule has 1 aliphatic carbocycles. The molecule has 0 fully saturated rings. The SMILES string of the molecule is CC1=C(C(=O)Nc2ccc(F)cc2F)[C@@H](c2ccc(N(C)C)cc2)C2=C(CCCC2=O)N1. The molecule has 7 heteroatoms. The summed E-state index contributed by atoms with van der Waals surface area (Å²) in [7, 11) is 3.87. The zero-order chi connectivity index (χ0) is 23.0. The first-order valence-corrected chi connectivity index (χ1v) is 10.5. The molecule has 0 saturated heterocycles. The lowest BCUT2D eigenvalue weighted by Crippen LogP contribution is -2.35. The number of allylic oxidation sites excluding steroid dienone is 3. The predicted molar refractivity (Wildman–Crippen MR) is 120 cm³/mol. The Balaban J connectivity index is 1.78. The molecule has 2 aromatic carbocycles. The molecule has 0 saturated carbocycles. The van der Waals surface area contributed by atoms with E-state index in [4.69, 9.17) is 0 Å². The zero-order valence-corrected chi connectivity index (χ0v) is 18.3. The molecule has 0 aromatic heterocycles. The minimum Gasteiger partial charge on any atom is -0.378 e. The largest absolute Gasteiger partial charge is 0.378 e. The first kappa shape index (κ1) is 21.7. The van der Waals surface area contributed by atoms with Gasteiger partial charge in [-0.3, -0.25) is 9.59 Å². The van der Waals surface area contributed by atoms with Crippen molar-refractivity contribution in [1.82, 2.24) is 5.32 Å². The van der Waals surface area contributed by atoms with E-state index in [0.717, 1.165) is 41.9 Å². The zero-order valence-electron chi connectivity index (χ0n) is 18.3. The van der Waals surface area contributed by atoms with Crippen LogP contribution in [0.15, 0.2) is 65.0 Å². The van der Waals surface area contributed by atoms with Crippen molar-refractivity contribution in [2.24, 2.45) is 0 Å². The van der Waals surface area contributed by atoms with E-state index in [-0.39, 0.29) is 11.5 Å². The Labute approximate surface area is 185 Å². The fourth-order valence-electron chi connectivity index (χ4n) is 4.36. The average Bonchev–Trinajstić information content (AvgIpc) is 2.75. The van der Waals surface area contributed by atoms with Gasteiger partial charge in [-0.15, -0.1) is 0 Å². The summed E-state index contributed by atoms with van der Waals surface area (Å²) in [6.07, 6.45) is 1.91. The summed E-state index contributed by atoms with van der Waals surface area (Å²) in [6, 6.07) is 10.7. The Morgan fingerprint density at radius 1 is 1.09 bits per heavy atom. The van der Waals surface area contributed by atoms with E-state index in [9.17, 15) is 18.4 Å². The van der Waals surface area contributed by atoms with Crippen LogP contribution in [0.3, 0.4) is 0 Å². The lowest BCUT2D eigenvalue weighted by Gasteiger charge is -2.34. The van der Waals surface area contributed by atoms with Gasteiger partial charge in [0.25, 0.3) is 5.91 Å². The van der Waals surface area contributed by atoms with E-state index >= 15 is 0 Å². The number of benzene rings is 2. The summed E-state index contributed by atoms with van der Waals surface area (Å²) >= 11 is 0. The molecule has 32 heavy (non-hydrogen) atoms. The van der Waals surface area contributed by atoms with Crippen LogP contribution in [0.1, 0.15) is 37.7 Å². The maximum absolute atomic E-state index is 14.2. The van der Waals surface area contributed by atoms with E-state index in [1.54, 1.807) is 6.92 Å². The topological polar surface area (TPSA) is 61.4 Å². The fourth-order valence-corrected chi connectivity index (χ4v) is 4.36. The van der Waals surface area contributed by atoms with E-state index < -0.39 is 23.5 Å². The number of hydrogen-bond acceptors (Lipinski definition) is 4. The minimum absolute atomic E-state index is 0.00574. The highest BCUT2D eigenvalue weighted by molar-refractivity contribution is 6.09. The van der Waals surface area contributed by atoms with Gasteiger partial charge in [0.05, 0.1) is 5.69 Å². The number of carbonyl (C=O) groups is 2. The maximum atomic E-state index is 14.2. The van der Waals surface area contributed by atoms with Gasteiger partial charge in [-0.2, -0.15) is 0 Å². The fraction of sp³-hybridized carbons (Fsp3) is 0.280. The molecule has 1 atom stereocenters. The van der Waals surface area contributed by atoms with Crippen LogP contribution in [0.2, 0.25) is 0 Å². The number of hydrogen-bond donors (Lipinski definition) is 2. The number of dihydropyridines is 1. The number of nitrogens with one attached hydrogen (secondary N) is 2. The second kappa shape index (κ2) is 8.57. The molecule has 1 aliphatic heterocycles. The number of carbonyl (C=O) groups excluding carboxylic acids is 2. The molecule has 4 rings (SSSR count). The normalized spacial score (nSPS) is 18.3. The number of ketones is 1. The summed E-state index contributed by atoms with van der Waals surface area (Å²) in [6.45, 7) is 1.78. The number of rotatable bonds is 4. The van der Waals surface area contributed by atoms with Gasteiger partial charge in [-0.05, 0) is 49.6 Å². The highest BCUT2D eigenvalue weighted by Crippen LogP contribution is 2.42. The Kier molecular flexibility index (Phi) is 5.82. The number of Topliss-reactive ketones (excluding diaryl/α,β-unsaturated/α-hetero) is 1. The molecule has 5 nitrogen and oxygen atoms in total. The molecule has 0 bridgehead atoms. The van der Waals surface area contributed by atoms with Crippen LogP contribution in [-0.4, -0.2) is 25.8 Å². The molecule has 2 aliphatic rings. The van der Waals surface area contributed by atoms with Crippen LogP contribution in [0.4, 0.5) is 20.2 Å². The molecule has 1 heterocycles. The molecular formula is C25H25F2N3O2. The van der Waals surface area contributed by atoms with Crippen LogP contribution in [0.25, 0.3) is 0 Å². The van der Waals surface area contributed by atoms with Gasteiger partial charge >= 0.3 is 0 Å². The summed E-state index contributed by atoms with van der Waals surface area (Å²) in [5, 5.41) is 5.79. The quantitative estimate of drug-likeness (QED) is 0.732. The second-order valence-corrected chi connectivity index (χ2v) is 8.33. The third kappa shape index (κ3) is 4.02. The average molecular weight is 437 g/mol. The van der Waals surface area contributed by atoms with Crippen molar-refractivity contribution in [3.63, 3.8) is 0 Å². The third-order valence-corrected chi connectivity index (χ3v) is 5.94. The van der Waals surface area contributed by atoms with Crippen LogP contribution in [0.5, 0.6) is 0 Å². The molecule has 0 unspecified atom stereocenters. The predicted octanol–water partition coefficient (Wildman–Crippen LogP) is 4.64. The molecule has 2 aromatic rings. The van der Waals surface area contributed by atoms with Gasteiger partial charge in [0.2, 0.25) is 0 Å². The van der Waals surface area contributed by atoms with Crippen LogP contribution in [0, 0.1) is 11.6 Å². The smallest absolute Gasteiger partial charge is 0.254 e. The van der Waals surface area contributed by atoms with Crippen molar-refractivity contribution >= 4 is 23.1 Å². The number of nitrogens with zero attached hydrogens (tertiary/aromatic N) is 1. The number of amides is 1.